The minimum Gasteiger partial charge on any atom is -0.487 e. The number of hydrogen-bond donors (Lipinski definition) is 0. The maximum absolute atomic E-state index is 5.85. The smallest absolute Gasteiger partial charge is 0.162 e. The molecule has 0 radical (unpaired) electrons. The van der Waals surface area contributed by atoms with Crippen LogP contribution in [0.15, 0.2) is 42.0 Å². The highest BCUT2D eigenvalue weighted by Crippen LogP contribution is 2.28. The number of fused-ring (bicyclic) bond motifs is 1. The van der Waals surface area contributed by atoms with Crippen molar-refractivity contribution in [3.8, 4) is 23.3 Å². The third-order valence-corrected chi connectivity index (χ3v) is 3.78. The van der Waals surface area contributed by atoms with Crippen molar-refractivity contribution < 1.29 is 23.7 Å². The first-order chi connectivity index (χ1) is 12.9. The van der Waals surface area contributed by atoms with E-state index in [1.165, 1.54) is 0 Å². The van der Waals surface area contributed by atoms with Crippen LogP contribution in [0.4, 0.5) is 0 Å². The summed E-state index contributed by atoms with van der Waals surface area (Å²) < 4.78 is 28.0. The topological polar surface area (TPSA) is 46.2 Å². The van der Waals surface area contributed by atoms with Gasteiger partial charge in [0.25, 0.3) is 0 Å². The van der Waals surface area contributed by atoms with Crippen LogP contribution in [0.1, 0.15) is 12.0 Å². The van der Waals surface area contributed by atoms with Crippen molar-refractivity contribution in [2.75, 3.05) is 52.9 Å². The molecule has 0 amide bonds. The molecule has 1 aromatic rings. The first-order valence-electron chi connectivity index (χ1n) is 8.93. The molecular formula is C21H24O5. The van der Waals surface area contributed by atoms with Crippen LogP contribution < -0.4 is 9.47 Å². The summed E-state index contributed by atoms with van der Waals surface area (Å²) >= 11 is 0. The zero-order chi connectivity index (χ0) is 17.9. The van der Waals surface area contributed by atoms with Gasteiger partial charge in [-0.25, -0.2) is 0 Å². The number of hydrogen-bond acceptors (Lipinski definition) is 5. The Hall–Kier alpha value is -2.26. The molecule has 2 aliphatic rings. The average molecular weight is 356 g/mol. The van der Waals surface area contributed by atoms with Crippen LogP contribution in [0.25, 0.3) is 0 Å². The van der Waals surface area contributed by atoms with Crippen LogP contribution >= 0.6 is 0 Å². The van der Waals surface area contributed by atoms with Crippen molar-refractivity contribution in [3.05, 3.63) is 47.6 Å². The lowest BCUT2D eigenvalue weighted by Crippen LogP contribution is -2.13. The molecule has 0 N–H and O–H groups in total. The molecule has 0 unspecified atom stereocenters. The number of benzene rings is 1. The number of rotatable bonds is 0. The molecule has 138 valence electrons. The molecule has 26 heavy (non-hydrogen) atoms. The van der Waals surface area contributed by atoms with E-state index in [1.54, 1.807) is 0 Å². The Morgan fingerprint density at radius 2 is 1.35 bits per heavy atom. The summed E-state index contributed by atoms with van der Waals surface area (Å²) in [5.41, 5.74) is 1.93. The molecule has 3 rings (SSSR count). The van der Waals surface area contributed by atoms with E-state index < -0.39 is 0 Å². The quantitative estimate of drug-likeness (QED) is 0.669. The van der Waals surface area contributed by atoms with Gasteiger partial charge >= 0.3 is 0 Å². The van der Waals surface area contributed by atoms with Crippen molar-refractivity contribution in [1.82, 2.24) is 0 Å². The largest absolute Gasteiger partial charge is 0.487 e. The first kappa shape index (κ1) is 18.5. The zero-order valence-electron chi connectivity index (χ0n) is 14.9. The average Bonchev–Trinajstić information content (AvgIpc) is 3.17. The van der Waals surface area contributed by atoms with Crippen LogP contribution in [0, 0.1) is 11.8 Å². The fourth-order valence-electron chi connectivity index (χ4n) is 2.48. The summed E-state index contributed by atoms with van der Waals surface area (Å²) in [6.07, 6.45) is 7.20. The third kappa shape index (κ3) is 6.23. The fraction of sp³-hybridized carbons (Fsp3) is 0.429. The first-order valence-corrected chi connectivity index (χ1v) is 8.93. The molecule has 0 fully saturated rings. The van der Waals surface area contributed by atoms with Gasteiger partial charge in [0.05, 0.1) is 39.6 Å². The third-order valence-electron chi connectivity index (χ3n) is 3.78. The van der Waals surface area contributed by atoms with Gasteiger partial charge in [0.2, 0.25) is 0 Å². The molecule has 5 heteroatoms. The molecule has 0 saturated carbocycles. The molecule has 1 aromatic carbocycles. The highest BCUT2D eigenvalue weighted by atomic mass is 16.6. The van der Waals surface area contributed by atoms with E-state index in [0.29, 0.717) is 64.4 Å². The Morgan fingerprint density at radius 3 is 2.00 bits per heavy atom. The van der Waals surface area contributed by atoms with Gasteiger partial charge in [-0.2, -0.15) is 0 Å². The summed E-state index contributed by atoms with van der Waals surface area (Å²) in [7, 11) is 0. The van der Waals surface area contributed by atoms with Crippen LogP contribution in [-0.4, -0.2) is 52.9 Å². The van der Waals surface area contributed by atoms with Gasteiger partial charge in [-0.3, -0.25) is 0 Å². The minimum absolute atomic E-state index is 0.442. The Labute approximate surface area is 154 Å². The van der Waals surface area contributed by atoms with Crippen molar-refractivity contribution >= 4 is 0 Å². The van der Waals surface area contributed by atoms with E-state index in [9.17, 15) is 0 Å². The van der Waals surface area contributed by atoms with Gasteiger partial charge in [-0.05, 0) is 24.6 Å². The van der Waals surface area contributed by atoms with Crippen LogP contribution in [-0.2, 0) is 14.2 Å². The van der Waals surface area contributed by atoms with Crippen molar-refractivity contribution in [1.29, 1.82) is 0 Å². The zero-order valence-corrected chi connectivity index (χ0v) is 14.9. The Bertz CT molecular complexity index is 696. The predicted octanol–water partition coefficient (Wildman–Crippen LogP) is 2.75. The summed E-state index contributed by atoms with van der Waals surface area (Å²) in [5.74, 6) is 7.69. The van der Waals surface area contributed by atoms with E-state index in [1.807, 2.05) is 24.3 Å². The molecule has 0 aromatic heterocycles. The molecule has 5 nitrogen and oxygen atoms in total. The normalized spacial score (nSPS) is 18.8. The van der Waals surface area contributed by atoms with E-state index in [0.717, 1.165) is 17.6 Å². The van der Waals surface area contributed by atoms with Gasteiger partial charge < -0.3 is 23.7 Å². The van der Waals surface area contributed by atoms with Gasteiger partial charge in [-0.1, -0.05) is 30.1 Å². The lowest BCUT2D eigenvalue weighted by atomic mass is 10.2. The van der Waals surface area contributed by atoms with Gasteiger partial charge in [0.15, 0.2) is 11.5 Å². The standard InChI is InChI=1S/C21H24O5/c1-2-4-18(3-1)5-6-19-7-8-20-21(17-19)26-16-14-24-12-10-22-9-11-23-13-15-25-20/h1,3-4,7-8,17H,2,9-16H2. The summed E-state index contributed by atoms with van der Waals surface area (Å²) in [6, 6.07) is 5.73. The van der Waals surface area contributed by atoms with E-state index >= 15 is 0 Å². The second kappa shape index (κ2) is 10.7. The summed E-state index contributed by atoms with van der Waals surface area (Å²) in [4.78, 5) is 0. The van der Waals surface area contributed by atoms with Crippen LogP contribution in [0.3, 0.4) is 0 Å². The molecular weight excluding hydrogens is 332 g/mol. The second-order valence-electron chi connectivity index (χ2n) is 5.74. The Balaban J connectivity index is 1.67. The molecule has 0 saturated heterocycles. The molecule has 0 spiro atoms. The molecule has 0 bridgehead atoms. The summed E-state index contributed by atoms with van der Waals surface area (Å²) in [6.45, 7) is 4.10. The van der Waals surface area contributed by atoms with Crippen molar-refractivity contribution in [2.45, 2.75) is 6.42 Å². The highest BCUT2D eigenvalue weighted by Gasteiger charge is 2.07. The maximum Gasteiger partial charge on any atom is 0.162 e. The van der Waals surface area contributed by atoms with Crippen LogP contribution in [0.2, 0.25) is 0 Å². The second-order valence-corrected chi connectivity index (χ2v) is 5.74. The summed E-state index contributed by atoms with van der Waals surface area (Å²) in [5, 5.41) is 0. The molecule has 1 aliphatic heterocycles. The fourth-order valence-corrected chi connectivity index (χ4v) is 2.48. The lowest BCUT2D eigenvalue weighted by molar-refractivity contribution is 0.00708. The molecule has 1 aliphatic carbocycles. The van der Waals surface area contributed by atoms with E-state index in [-0.39, 0.29) is 0 Å². The van der Waals surface area contributed by atoms with Crippen molar-refractivity contribution in [3.63, 3.8) is 0 Å². The molecule has 0 atom stereocenters. The number of ether oxygens (including phenoxy) is 5. The SMILES string of the molecule is C(#Cc1ccc2c(c1)OCCOCCOCCOCCO2)C1=CCC=C1. The predicted molar refractivity (Wildman–Crippen MR) is 98.6 cm³/mol. The van der Waals surface area contributed by atoms with E-state index in [4.69, 9.17) is 23.7 Å². The Morgan fingerprint density at radius 1 is 0.692 bits per heavy atom. The van der Waals surface area contributed by atoms with Crippen molar-refractivity contribution in [2.24, 2.45) is 0 Å². The minimum atomic E-state index is 0.442. The monoisotopic (exact) mass is 356 g/mol. The highest BCUT2D eigenvalue weighted by molar-refractivity contribution is 5.52. The van der Waals surface area contributed by atoms with Gasteiger partial charge in [0.1, 0.15) is 13.2 Å². The Kier molecular flexibility index (Phi) is 7.60. The van der Waals surface area contributed by atoms with Crippen LogP contribution in [0.5, 0.6) is 11.5 Å². The van der Waals surface area contributed by atoms with Gasteiger partial charge in [0, 0.05) is 11.1 Å². The molecule has 1 heterocycles. The van der Waals surface area contributed by atoms with E-state index in [2.05, 4.69) is 24.0 Å². The lowest BCUT2D eigenvalue weighted by Gasteiger charge is -2.13. The number of allylic oxidation sites excluding steroid dienone is 4. The van der Waals surface area contributed by atoms with Gasteiger partial charge in [-0.15, -0.1) is 0 Å². The maximum atomic E-state index is 5.85.